The number of carbonyl (C=O) groups excluding carboxylic acids is 1. The molecular weight excluding hydrogens is 258 g/mol. The Morgan fingerprint density at radius 3 is 2.50 bits per heavy atom. The molecule has 1 aromatic carbocycles. The summed E-state index contributed by atoms with van der Waals surface area (Å²) in [6.07, 6.45) is 0. The number of hydrogen-bond acceptors (Lipinski definition) is 5. The summed E-state index contributed by atoms with van der Waals surface area (Å²) in [4.78, 5) is 11.9. The quantitative estimate of drug-likeness (QED) is 0.775. The molecule has 0 fully saturated rings. The summed E-state index contributed by atoms with van der Waals surface area (Å²) in [7, 11) is 2.96. The van der Waals surface area contributed by atoms with E-state index in [-0.39, 0.29) is 18.6 Å². The van der Waals surface area contributed by atoms with Gasteiger partial charge in [0.25, 0.3) is 0 Å². The van der Waals surface area contributed by atoms with E-state index in [0.717, 1.165) is 0 Å². The van der Waals surface area contributed by atoms with Crippen LogP contribution in [0.15, 0.2) is 24.3 Å². The predicted molar refractivity (Wildman–Crippen MR) is 77.2 cm³/mol. The molecule has 1 unspecified atom stereocenters. The highest BCUT2D eigenvalue weighted by molar-refractivity contribution is 5.80. The summed E-state index contributed by atoms with van der Waals surface area (Å²) in [6, 6.07) is 7.38. The Labute approximate surface area is 120 Å². The third-order valence-corrected chi connectivity index (χ3v) is 2.81. The van der Waals surface area contributed by atoms with Crippen molar-refractivity contribution in [3.8, 4) is 11.5 Å². The van der Waals surface area contributed by atoms with Gasteiger partial charge in [-0.05, 0) is 32.9 Å². The molecule has 0 radical (unpaired) electrons. The molecule has 1 atom stereocenters. The van der Waals surface area contributed by atoms with Crippen LogP contribution in [0.5, 0.6) is 11.5 Å². The molecule has 0 saturated carbocycles. The second-order valence-corrected chi connectivity index (χ2v) is 5.09. The number of hydrogen-bond donors (Lipinski definition) is 1. The van der Waals surface area contributed by atoms with E-state index >= 15 is 0 Å². The van der Waals surface area contributed by atoms with Crippen LogP contribution in [0.1, 0.15) is 20.8 Å². The molecule has 0 bridgehead atoms. The zero-order chi connectivity index (χ0) is 15.2. The van der Waals surface area contributed by atoms with Crippen molar-refractivity contribution in [1.29, 1.82) is 0 Å². The van der Waals surface area contributed by atoms with Crippen molar-refractivity contribution in [3.63, 3.8) is 0 Å². The molecule has 1 N–H and O–H groups in total. The standard InChI is InChI=1S/C15H23NO4/c1-11(2)16-15(3,14(17)19-5)10-20-13-8-6-7-12(9-13)18-4/h6-9,11,16H,10H2,1-5H3. The number of benzene rings is 1. The molecule has 0 aromatic heterocycles. The van der Waals surface area contributed by atoms with E-state index in [0.29, 0.717) is 11.5 Å². The molecule has 1 aromatic rings. The first-order chi connectivity index (χ1) is 9.41. The zero-order valence-electron chi connectivity index (χ0n) is 12.7. The van der Waals surface area contributed by atoms with Crippen LogP contribution in [0.2, 0.25) is 0 Å². The molecule has 0 amide bonds. The SMILES string of the molecule is COC(=O)C(C)(COc1cccc(OC)c1)NC(C)C. The second-order valence-electron chi connectivity index (χ2n) is 5.09. The van der Waals surface area contributed by atoms with Gasteiger partial charge in [-0.2, -0.15) is 0 Å². The van der Waals surface area contributed by atoms with Crippen LogP contribution in [0.4, 0.5) is 0 Å². The first-order valence-electron chi connectivity index (χ1n) is 6.54. The Kier molecular flexibility index (Phi) is 5.82. The van der Waals surface area contributed by atoms with Gasteiger partial charge in [0.2, 0.25) is 0 Å². The van der Waals surface area contributed by atoms with E-state index in [4.69, 9.17) is 14.2 Å². The van der Waals surface area contributed by atoms with Gasteiger partial charge in [0.15, 0.2) is 0 Å². The Morgan fingerprint density at radius 1 is 1.30 bits per heavy atom. The lowest BCUT2D eigenvalue weighted by atomic mass is 10.0. The van der Waals surface area contributed by atoms with E-state index in [1.165, 1.54) is 7.11 Å². The largest absolute Gasteiger partial charge is 0.497 e. The van der Waals surface area contributed by atoms with E-state index < -0.39 is 5.54 Å². The molecule has 0 heterocycles. The first-order valence-corrected chi connectivity index (χ1v) is 6.54. The van der Waals surface area contributed by atoms with Crippen LogP contribution in [-0.4, -0.2) is 38.4 Å². The van der Waals surface area contributed by atoms with Crippen molar-refractivity contribution < 1.29 is 19.0 Å². The smallest absolute Gasteiger partial charge is 0.329 e. The van der Waals surface area contributed by atoms with Gasteiger partial charge in [0.05, 0.1) is 14.2 Å². The average molecular weight is 281 g/mol. The number of rotatable bonds is 7. The summed E-state index contributed by atoms with van der Waals surface area (Å²) < 4.78 is 15.7. The number of ether oxygens (including phenoxy) is 3. The minimum Gasteiger partial charge on any atom is -0.497 e. The number of nitrogens with one attached hydrogen (secondary N) is 1. The van der Waals surface area contributed by atoms with Gasteiger partial charge in [-0.25, -0.2) is 4.79 Å². The predicted octanol–water partition coefficient (Wildman–Crippen LogP) is 2.00. The fourth-order valence-corrected chi connectivity index (χ4v) is 1.94. The second kappa shape index (κ2) is 7.14. The fraction of sp³-hybridized carbons (Fsp3) is 0.533. The number of methoxy groups -OCH3 is 2. The van der Waals surface area contributed by atoms with E-state index in [2.05, 4.69) is 5.32 Å². The normalized spacial score (nSPS) is 13.7. The Hall–Kier alpha value is -1.75. The monoisotopic (exact) mass is 281 g/mol. The van der Waals surface area contributed by atoms with Gasteiger partial charge in [-0.1, -0.05) is 6.07 Å². The lowest BCUT2D eigenvalue weighted by molar-refractivity contribution is -0.149. The van der Waals surface area contributed by atoms with Crippen molar-refractivity contribution >= 4 is 5.97 Å². The molecule has 0 aliphatic rings. The highest BCUT2D eigenvalue weighted by atomic mass is 16.5. The third kappa shape index (κ3) is 4.42. The van der Waals surface area contributed by atoms with Crippen LogP contribution < -0.4 is 14.8 Å². The zero-order valence-corrected chi connectivity index (χ0v) is 12.7. The van der Waals surface area contributed by atoms with Crippen molar-refractivity contribution in [2.45, 2.75) is 32.4 Å². The van der Waals surface area contributed by atoms with Gasteiger partial charge < -0.3 is 14.2 Å². The lowest BCUT2D eigenvalue weighted by Gasteiger charge is -2.30. The van der Waals surface area contributed by atoms with Crippen molar-refractivity contribution in [1.82, 2.24) is 5.32 Å². The summed E-state index contributed by atoms with van der Waals surface area (Å²) in [5.41, 5.74) is -0.897. The molecule has 5 nitrogen and oxygen atoms in total. The Morgan fingerprint density at radius 2 is 1.95 bits per heavy atom. The van der Waals surface area contributed by atoms with Gasteiger partial charge >= 0.3 is 5.97 Å². The van der Waals surface area contributed by atoms with Crippen LogP contribution in [0.25, 0.3) is 0 Å². The summed E-state index contributed by atoms with van der Waals surface area (Å²) in [6.45, 7) is 5.86. The molecule has 20 heavy (non-hydrogen) atoms. The fourth-order valence-electron chi connectivity index (χ4n) is 1.94. The van der Waals surface area contributed by atoms with Gasteiger partial charge in [0.1, 0.15) is 23.6 Å². The Bertz CT molecular complexity index is 447. The summed E-state index contributed by atoms with van der Waals surface area (Å²) in [5.74, 6) is 0.998. The molecule has 5 heteroatoms. The Balaban J connectivity index is 2.77. The van der Waals surface area contributed by atoms with Gasteiger partial charge in [-0.15, -0.1) is 0 Å². The summed E-state index contributed by atoms with van der Waals surface area (Å²) >= 11 is 0. The van der Waals surface area contributed by atoms with Crippen molar-refractivity contribution in [2.75, 3.05) is 20.8 Å². The molecule has 0 aliphatic heterocycles. The highest BCUT2D eigenvalue weighted by Gasteiger charge is 2.35. The molecule has 0 aliphatic carbocycles. The van der Waals surface area contributed by atoms with Crippen molar-refractivity contribution in [3.05, 3.63) is 24.3 Å². The van der Waals surface area contributed by atoms with Gasteiger partial charge in [0, 0.05) is 12.1 Å². The van der Waals surface area contributed by atoms with E-state index in [1.54, 1.807) is 20.1 Å². The number of carbonyl (C=O) groups is 1. The molecule has 0 saturated heterocycles. The van der Waals surface area contributed by atoms with Crippen molar-refractivity contribution in [2.24, 2.45) is 0 Å². The molecular formula is C15H23NO4. The molecule has 0 spiro atoms. The maximum absolute atomic E-state index is 11.9. The summed E-state index contributed by atoms with van der Waals surface area (Å²) in [5, 5.41) is 3.17. The maximum Gasteiger partial charge on any atom is 0.329 e. The van der Waals surface area contributed by atoms with Crippen LogP contribution in [0, 0.1) is 0 Å². The maximum atomic E-state index is 11.9. The van der Waals surface area contributed by atoms with E-state index in [9.17, 15) is 4.79 Å². The van der Waals surface area contributed by atoms with Gasteiger partial charge in [-0.3, -0.25) is 5.32 Å². The van der Waals surface area contributed by atoms with E-state index in [1.807, 2.05) is 32.0 Å². The van der Waals surface area contributed by atoms with Crippen LogP contribution in [-0.2, 0) is 9.53 Å². The topological polar surface area (TPSA) is 56.8 Å². The third-order valence-electron chi connectivity index (χ3n) is 2.81. The number of esters is 1. The van der Waals surface area contributed by atoms with Crippen LogP contribution in [0.3, 0.4) is 0 Å². The minimum absolute atomic E-state index is 0.132. The first kappa shape index (κ1) is 16.3. The molecule has 1 rings (SSSR count). The highest BCUT2D eigenvalue weighted by Crippen LogP contribution is 2.20. The van der Waals surface area contributed by atoms with Crippen LogP contribution >= 0.6 is 0 Å². The molecule has 112 valence electrons. The minimum atomic E-state index is -0.897. The average Bonchev–Trinajstić information content (AvgIpc) is 2.43. The lowest BCUT2D eigenvalue weighted by Crippen LogP contribution is -2.56.